The molecule has 1 atom stereocenters. The molecule has 0 spiro atoms. The van der Waals surface area contributed by atoms with E-state index in [9.17, 15) is 5.11 Å². The molecule has 112 valence electrons. The Morgan fingerprint density at radius 3 is 2.40 bits per heavy atom. The number of benzene rings is 1. The average Bonchev–Trinajstić information content (AvgIpc) is 2.49. The number of aliphatic hydroxyl groups is 1. The average molecular weight is 277 g/mol. The molecule has 0 saturated heterocycles. The summed E-state index contributed by atoms with van der Waals surface area (Å²) in [4.78, 5) is 0. The van der Waals surface area contributed by atoms with Crippen molar-refractivity contribution in [2.24, 2.45) is 17.1 Å². The minimum absolute atomic E-state index is 0.281. The van der Waals surface area contributed by atoms with Crippen molar-refractivity contribution in [1.29, 1.82) is 0 Å². The molecule has 0 amide bonds. The lowest BCUT2D eigenvalue weighted by Gasteiger charge is -2.50. The summed E-state index contributed by atoms with van der Waals surface area (Å²) < 4.78 is 5.36. The van der Waals surface area contributed by atoms with Crippen LogP contribution in [0.25, 0.3) is 0 Å². The van der Waals surface area contributed by atoms with Gasteiger partial charge in [-0.3, -0.25) is 0 Å². The lowest BCUT2D eigenvalue weighted by atomic mass is 9.59. The largest absolute Gasteiger partial charge is 0.382 e. The smallest absolute Gasteiger partial charge is 0.120 e. The summed E-state index contributed by atoms with van der Waals surface area (Å²) in [7, 11) is 1.64. The van der Waals surface area contributed by atoms with E-state index in [2.05, 4.69) is 6.92 Å². The van der Waals surface area contributed by atoms with Gasteiger partial charge in [0.25, 0.3) is 0 Å². The van der Waals surface area contributed by atoms with Gasteiger partial charge in [-0.05, 0) is 24.3 Å². The first-order valence-corrected chi connectivity index (χ1v) is 7.55. The van der Waals surface area contributed by atoms with Crippen LogP contribution in [0.2, 0.25) is 0 Å². The van der Waals surface area contributed by atoms with Crippen molar-refractivity contribution in [3.8, 4) is 0 Å². The van der Waals surface area contributed by atoms with Crippen LogP contribution in [-0.4, -0.2) is 25.4 Å². The molecule has 20 heavy (non-hydrogen) atoms. The molecule has 1 fully saturated rings. The minimum atomic E-state index is -1.00. The highest BCUT2D eigenvalue weighted by atomic mass is 16.5. The number of hydrogen-bond acceptors (Lipinski definition) is 3. The van der Waals surface area contributed by atoms with Crippen LogP contribution in [-0.2, 0) is 10.3 Å². The summed E-state index contributed by atoms with van der Waals surface area (Å²) in [5.41, 5.74) is 5.76. The monoisotopic (exact) mass is 277 g/mol. The van der Waals surface area contributed by atoms with Crippen LogP contribution in [0.5, 0.6) is 0 Å². The van der Waals surface area contributed by atoms with Crippen molar-refractivity contribution in [3.63, 3.8) is 0 Å². The molecule has 3 heteroatoms. The summed E-state index contributed by atoms with van der Waals surface area (Å²) >= 11 is 0. The predicted octanol–water partition coefficient (Wildman–Crippen LogP) is 2.68. The lowest BCUT2D eigenvalue weighted by molar-refractivity contribution is -0.146. The predicted molar refractivity (Wildman–Crippen MR) is 81.3 cm³/mol. The number of nitrogens with two attached hydrogens (primary N) is 1. The first-order valence-electron chi connectivity index (χ1n) is 7.55. The van der Waals surface area contributed by atoms with E-state index in [1.165, 1.54) is 0 Å². The van der Waals surface area contributed by atoms with E-state index >= 15 is 0 Å². The van der Waals surface area contributed by atoms with E-state index in [1.54, 1.807) is 7.11 Å². The van der Waals surface area contributed by atoms with Gasteiger partial charge in [0, 0.05) is 19.1 Å². The second kappa shape index (κ2) is 6.25. The van der Waals surface area contributed by atoms with Gasteiger partial charge in [0.2, 0.25) is 0 Å². The lowest BCUT2D eigenvalue weighted by Crippen LogP contribution is -2.54. The van der Waals surface area contributed by atoms with Crippen LogP contribution in [0.15, 0.2) is 30.3 Å². The Labute approximate surface area is 122 Å². The fourth-order valence-corrected chi connectivity index (χ4v) is 3.57. The van der Waals surface area contributed by atoms with Gasteiger partial charge in [-0.15, -0.1) is 0 Å². The molecular weight excluding hydrogens is 250 g/mol. The molecule has 1 aliphatic carbocycles. The molecule has 1 aromatic rings. The van der Waals surface area contributed by atoms with E-state index in [4.69, 9.17) is 10.5 Å². The van der Waals surface area contributed by atoms with Crippen LogP contribution >= 0.6 is 0 Å². The van der Waals surface area contributed by atoms with Crippen LogP contribution in [0, 0.1) is 11.3 Å². The maximum atomic E-state index is 11.4. The quantitative estimate of drug-likeness (QED) is 0.870. The second-order valence-corrected chi connectivity index (χ2v) is 6.33. The fraction of sp³-hybridized carbons (Fsp3) is 0.647. The Balaban J connectivity index is 2.40. The Kier molecular flexibility index (Phi) is 4.84. The second-order valence-electron chi connectivity index (χ2n) is 6.33. The molecule has 0 bridgehead atoms. The highest BCUT2D eigenvalue weighted by Crippen LogP contribution is 2.50. The van der Waals surface area contributed by atoms with Gasteiger partial charge >= 0.3 is 0 Å². The zero-order valence-corrected chi connectivity index (χ0v) is 12.6. The number of hydrogen-bond donors (Lipinski definition) is 2. The third-order valence-corrected chi connectivity index (χ3v) is 5.10. The highest BCUT2D eigenvalue weighted by molar-refractivity contribution is 5.26. The van der Waals surface area contributed by atoms with Crippen LogP contribution in [0.4, 0.5) is 0 Å². The summed E-state index contributed by atoms with van der Waals surface area (Å²) in [6, 6.07) is 9.86. The zero-order valence-electron chi connectivity index (χ0n) is 12.6. The van der Waals surface area contributed by atoms with Gasteiger partial charge in [0.05, 0.1) is 6.61 Å². The highest BCUT2D eigenvalue weighted by Gasteiger charge is 2.51. The summed E-state index contributed by atoms with van der Waals surface area (Å²) in [5, 5.41) is 11.4. The topological polar surface area (TPSA) is 55.5 Å². The van der Waals surface area contributed by atoms with Crippen molar-refractivity contribution in [2.45, 2.75) is 38.2 Å². The van der Waals surface area contributed by atoms with Crippen molar-refractivity contribution in [3.05, 3.63) is 35.9 Å². The van der Waals surface area contributed by atoms with E-state index in [1.807, 2.05) is 30.3 Å². The van der Waals surface area contributed by atoms with Gasteiger partial charge in [-0.1, -0.05) is 50.1 Å². The minimum Gasteiger partial charge on any atom is -0.382 e. The van der Waals surface area contributed by atoms with Crippen molar-refractivity contribution in [2.75, 3.05) is 20.3 Å². The van der Waals surface area contributed by atoms with Gasteiger partial charge in [-0.2, -0.15) is 0 Å². The normalized spacial score (nSPS) is 29.9. The van der Waals surface area contributed by atoms with Crippen LogP contribution in [0.1, 0.15) is 38.2 Å². The first-order chi connectivity index (χ1) is 9.58. The van der Waals surface area contributed by atoms with Gasteiger partial charge in [0.15, 0.2) is 0 Å². The van der Waals surface area contributed by atoms with Crippen LogP contribution in [0.3, 0.4) is 0 Å². The molecule has 3 nitrogen and oxygen atoms in total. The summed E-state index contributed by atoms with van der Waals surface area (Å²) in [6.45, 7) is 3.06. The molecule has 1 aromatic carbocycles. The molecule has 0 aromatic heterocycles. The number of rotatable bonds is 5. The fourth-order valence-electron chi connectivity index (χ4n) is 3.57. The van der Waals surface area contributed by atoms with E-state index < -0.39 is 5.60 Å². The molecule has 0 heterocycles. The first kappa shape index (κ1) is 15.5. The molecule has 3 N–H and O–H groups in total. The maximum Gasteiger partial charge on any atom is 0.120 e. The maximum absolute atomic E-state index is 11.4. The Bertz CT molecular complexity index is 412. The summed E-state index contributed by atoms with van der Waals surface area (Å²) in [6.07, 6.45) is 4.16. The Morgan fingerprint density at radius 2 is 1.90 bits per heavy atom. The van der Waals surface area contributed by atoms with Crippen molar-refractivity contribution < 1.29 is 9.84 Å². The summed E-state index contributed by atoms with van der Waals surface area (Å²) in [5.74, 6) is 0.720. The Morgan fingerprint density at radius 1 is 1.30 bits per heavy atom. The molecule has 1 aliphatic rings. The molecule has 1 unspecified atom stereocenters. The third kappa shape index (κ3) is 2.62. The zero-order chi connectivity index (χ0) is 14.6. The van der Waals surface area contributed by atoms with E-state index in [0.717, 1.165) is 37.2 Å². The van der Waals surface area contributed by atoms with Crippen molar-refractivity contribution in [1.82, 2.24) is 0 Å². The molecular formula is C17H27NO2. The van der Waals surface area contributed by atoms with E-state index in [0.29, 0.717) is 13.2 Å². The molecule has 1 saturated carbocycles. The Hall–Kier alpha value is -0.900. The standard InChI is InChI=1S/C17H27NO2/c1-14-8-10-16(12-18,11-9-14)17(19,13-20-2)15-6-4-3-5-7-15/h3-7,14,19H,8-13,18H2,1-2H3. The molecule has 0 radical (unpaired) electrons. The number of ether oxygens (including phenoxy) is 1. The number of methoxy groups -OCH3 is 1. The third-order valence-electron chi connectivity index (χ3n) is 5.10. The van der Waals surface area contributed by atoms with Crippen LogP contribution < -0.4 is 5.73 Å². The SMILES string of the molecule is COCC(O)(c1ccccc1)C1(CN)CCC(C)CC1. The van der Waals surface area contributed by atoms with E-state index in [-0.39, 0.29) is 5.41 Å². The van der Waals surface area contributed by atoms with Gasteiger partial charge in [0.1, 0.15) is 5.60 Å². The van der Waals surface area contributed by atoms with Gasteiger partial charge < -0.3 is 15.6 Å². The molecule has 2 rings (SSSR count). The molecule has 0 aliphatic heterocycles. The van der Waals surface area contributed by atoms with Gasteiger partial charge in [-0.25, -0.2) is 0 Å². The van der Waals surface area contributed by atoms with Crippen molar-refractivity contribution >= 4 is 0 Å².